The van der Waals surface area contributed by atoms with E-state index >= 15 is 0 Å². The Bertz CT molecular complexity index is 1720. The first kappa shape index (κ1) is 33.8. The van der Waals surface area contributed by atoms with Crippen LogP contribution in [0.25, 0.3) is 0 Å². The third-order valence-corrected chi connectivity index (χ3v) is 10.2. The Morgan fingerprint density at radius 3 is 1.86 bits per heavy atom. The fourth-order valence-electron chi connectivity index (χ4n) is 7.59. The summed E-state index contributed by atoms with van der Waals surface area (Å²) >= 11 is 6.27. The molecular formula is C39H42Cl2N2O6. The number of hydrogen-bond donors (Lipinski definition) is 0. The molecule has 4 unspecified atom stereocenters. The topological polar surface area (TPSA) is 61.9 Å². The van der Waals surface area contributed by atoms with E-state index in [0.717, 1.165) is 71.5 Å². The summed E-state index contributed by atoms with van der Waals surface area (Å²) < 4.78 is 34.2. The molecular weight excluding hydrogens is 663 g/mol. The lowest BCUT2D eigenvalue weighted by atomic mass is 9.85. The van der Waals surface area contributed by atoms with Gasteiger partial charge in [0.2, 0.25) is 13.6 Å². The Labute approximate surface area is 299 Å². The van der Waals surface area contributed by atoms with E-state index in [1.54, 1.807) is 0 Å². The summed E-state index contributed by atoms with van der Waals surface area (Å²) in [4.78, 5) is 4.69. The first-order chi connectivity index (χ1) is 23.5. The van der Waals surface area contributed by atoms with Crippen LogP contribution in [0, 0.1) is 11.8 Å². The Morgan fingerprint density at radius 2 is 1.24 bits per heavy atom. The number of halogens is 2. The minimum Gasteiger partial charge on any atom is -0.454 e. The van der Waals surface area contributed by atoms with Crippen LogP contribution in [0.15, 0.2) is 78.9 Å². The number of para-hydroxylation sites is 1. The monoisotopic (exact) mass is 704 g/mol. The average Bonchev–Trinajstić information content (AvgIpc) is 3.90. The number of fused-ring (bicyclic) bond motifs is 5. The number of aryl methyl sites for hydroxylation is 2. The van der Waals surface area contributed by atoms with E-state index < -0.39 is 0 Å². The lowest BCUT2D eigenvalue weighted by Gasteiger charge is -2.27. The molecule has 0 saturated carbocycles. The van der Waals surface area contributed by atoms with Crippen molar-refractivity contribution in [1.29, 1.82) is 0 Å². The molecule has 10 heteroatoms. The van der Waals surface area contributed by atoms with Crippen molar-refractivity contribution in [2.75, 3.05) is 58.9 Å². The van der Waals surface area contributed by atoms with Crippen LogP contribution >= 0.6 is 24.0 Å². The number of ether oxygens (including phenoxy) is 6. The summed E-state index contributed by atoms with van der Waals surface area (Å²) in [5, 5.41) is 0.816. The van der Waals surface area contributed by atoms with Crippen molar-refractivity contribution in [2.24, 2.45) is 11.8 Å². The molecule has 4 aromatic rings. The molecule has 5 aliphatic heterocycles. The van der Waals surface area contributed by atoms with Gasteiger partial charge in [0.25, 0.3) is 0 Å². The lowest BCUT2D eigenvalue weighted by Crippen LogP contribution is -2.24. The van der Waals surface area contributed by atoms with Crippen LogP contribution in [0.3, 0.4) is 0 Å². The average molecular weight is 706 g/mol. The van der Waals surface area contributed by atoms with Gasteiger partial charge in [-0.2, -0.15) is 0 Å². The molecule has 0 N–H and O–H groups in total. The fourth-order valence-corrected chi connectivity index (χ4v) is 7.75. The number of benzene rings is 4. The molecule has 0 bridgehead atoms. The zero-order valence-electron chi connectivity index (χ0n) is 27.8. The van der Waals surface area contributed by atoms with Gasteiger partial charge in [-0.1, -0.05) is 48.0 Å². The Hall–Kier alpha value is -3.66. The van der Waals surface area contributed by atoms with Crippen LogP contribution < -0.4 is 23.8 Å². The highest BCUT2D eigenvalue weighted by molar-refractivity contribution is 6.30. The van der Waals surface area contributed by atoms with E-state index in [-0.39, 0.29) is 38.2 Å². The summed E-state index contributed by atoms with van der Waals surface area (Å²) in [6, 6.07) is 27.2. The molecule has 8 nitrogen and oxygen atoms in total. The molecule has 9 rings (SSSR count). The number of nitrogens with zero attached hydrogens (tertiary/aromatic N) is 2. The molecule has 0 aliphatic carbocycles. The van der Waals surface area contributed by atoms with Crippen LogP contribution in [-0.4, -0.2) is 58.9 Å². The van der Waals surface area contributed by atoms with Gasteiger partial charge < -0.3 is 38.2 Å². The van der Waals surface area contributed by atoms with Gasteiger partial charge >= 0.3 is 0 Å². The van der Waals surface area contributed by atoms with Crippen LogP contribution in [0.2, 0.25) is 5.02 Å². The van der Waals surface area contributed by atoms with Crippen LogP contribution in [0.4, 0.5) is 11.4 Å². The Kier molecular flexibility index (Phi) is 10.1. The quantitative estimate of drug-likeness (QED) is 0.199. The number of hydrogen-bond acceptors (Lipinski definition) is 8. The number of anilines is 2. The molecule has 258 valence electrons. The smallest absolute Gasteiger partial charge is 0.231 e. The van der Waals surface area contributed by atoms with Gasteiger partial charge in [-0.05, 0) is 105 Å². The van der Waals surface area contributed by atoms with Gasteiger partial charge in [0.05, 0.1) is 25.4 Å². The maximum Gasteiger partial charge on any atom is 0.231 e. The SMILES string of the molecule is CN(C)CCCN1c2ccccc2CCc2ccc(Cl)cc21.Cl.c1cc2c(cc1C1OCC3C(c4ccc5c(c4)OCO5)OCC13)OCO2. The van der Waals surface area contributed by atoms with Crippen molar-refractivity contribution >= 4 is 35.4 Å². The Morgan fingerprint density at radius 1 is 0.673 bits per heavy atom. The molecule has 0 radical (unpaired) electrons. The van der Waals surface area contributed by atoms with Gasteiger partial charge in [0.15, 0.2) is 23.0 Å². The van der Waals surface area contributed by atoms with Gasteiger partial charge in [-0.3, -0.25) is 0 Å². The standard InChI is InChI=1S/C20H18O6.C19H23ClN2.ClH/c1-3-15-17(25-9-23-15)5-11(1)19-13-7-22-20(14(13)8-21-19)12-2-4-16-18(6-12)26-10-24-16;1-21(2)12-5-13-22-18-7-4-3-6-15(18)8-9-16-10-11-17(20)14-19(16)22;/h1-6,13-14,19-20H,7-10H2;3-4,6-7,10-11,14H,5,8-9,12-13H2,1-2H3;1H. The van der Waals surface area contributed by atoms with E-state index in [2.05, 4.69) is 72.4 Å². The molecule has 2 fully saturated rings. The predicted octanol–water partition coefficient (Wildman–Crippen LogP) is 8.17. The maximum atomic E-state index is 6.27. The third kappa shape index (κ3) is 6.90. The molecule has 49 heavy (non-hydrogen) atoms. The van der Waals surface area contributed by atoms with Crippen LogP contribution in [-0.2, 0) is 22.3 Å². The van der Waals surface area contributed by atoms with Crippen molar-refractivity contribution in [1.82, 2.24) is 4.90 Å². The molecule has 4 aromatic carbocycles. The normalized spacial score (nSPS) is 22.4. The molecule has 0 amide bonds. The highest BCUT2D eigenvalue weighted by Gasteiger charge is 2.48. The fraction of sp³-hybridized carbons (Fsp3) is 0.385. The van der Waals surface area contributed by atoms with E-state index in [1.165, 1.54) is 22.5 Å². The van der Waals surface area contributed by atoms with E-state index in [9.17, 15) is 0 Å². The number of rotatable bonds is 6. The Balaban J connectivity index is 0.000000154. The second-order valence-corrected chi connectivity index (χ2v) is 13.7. The molecule has 5 aliphatic rings. The summed E-state index contributed by atoms with van der Waals surface area (Å²) in [5.74, 6) is 3.83. The molecule has 2 saturated heterocycles. The summed E-state index contributed by atoms with van der Waals surface area (Å²) in [5.41, 5.74) is 7.68. The first-order valence-corrected chi connectivity index (χ1v) is 17.2. The van der Waals surface area contributed by atoms with Gasteiger partial charge in [-0.25, -0.2) is 0 Å². The van der Waals surface area contributed by atoms with Crippen molar-refractivity contribution in [2.45, 2.75) is 31.5 Å². The first-order valence-electron chi connectivity index (χ1n) is 16.8. The van der Waals surface area contributed by atoms with Crippen LogP contribution in [0.1, 0.15) is 40.9 Å². The highest BCUT2D eigenvalue weighted by Crippen LogP contribution is 2.52. The summed E-state index contributed by atoms with van der Waals surface area (Å²) in [6.45, 7) is 4.04. The van der Waals surface area contributed by atoms with Crippen molar-refractivity contribution in [3.63, 3.8) is 0 Å². The second-order valence-electron chi connectivity index (χ2n) is 13.3. The zero-order chi connectivity index (χ0) is 32.6. The molecule has 4 atom stereocenters. The van der Waals surface area contributed by atoms with Crippen molar-refractivity contribution < 1.29 is 28.4 Å². The highest BCUT2D eigenvalue weighted by atomic mass is 35.5. The lowest BCUT2D eigenvalue weighted by molar-refractivity contribution is 0.0192. The molecule has 0 aromatic heterocycles. The molecule has 0 spiro atoms. The predicted molar refractivity (Wildman–Crippen MR) is 192 cm³/mol. The van der Waals surface area contributed by atoms with Gasteiger partial charge in [0.1, 0.15) is 0 Å². The summed E-state index contributed by atoms with van der Waals surface area (Å²) in [7, 11) is 4.25. The van der Waals surface area contributed by atoms with Crippen molar-refractivity contribution in [3.8, 4) is 23.0 Å². The molecule has 5 heterocycles. The minimum atomic E-state index is 0. The third-order valence-electron chi connectivity index (χ3n) is 9.99. The van der Waals surface area contributed by atoms with Crippen molar-refractivity contribution in [3.05, 3.63) is 106 Å². The van der Waals surface area contributed by atoms with E-state index in [4.69, 9.17) is 40.0 Å². The maximum absolute atomic E-state index is 6.27. The van der Waals surface area contributed by atoms with Gasteiger partial charge in [-0.15, -0.1) is 12.4 Å². The zero-order valence-corrected chi connectivity index (χ0v) is 29.4. The summed E-state index contributed by atoms with van der Waals surface area (Å²) in [6.07, 6.45) is 3.35. The van der Waals surface area contributed by atoms with E-state index in [1.807, 2.05) is 30.3 Å². The second kappa shape index (κ2) is 14.7. The van der Waals surface area contributed by atoms with Gasteiger partial charge in [0, 0.05) is 34.8 Å². The largest absolute Gasteiger partial charge is 0.454 e. The van der Waals surface area contributed by atoms with E-state index in [0.29, 0.717) is 25.0 Å². The van der Waals surface area contributed by atoms with Crippen LogP contribution in [0.5, 0.6) is 23.0 Å². The minimum absolute atomic E-state index is 0.